The van der Waals surface area contributed by atoms with Gasteiger partial charge in [-0.25, -0.2) is 9.97 Å². The Labute approximate surface area is 193 Å². The maximum Gasteiger partial charge on any atom is 0.160 e. The summed E-state index contributed by atoms with van der Waals surface area (Å²) in [7, 11) is 0. The van der Waals surface area contributed by atoms with Crippen molar-refractivity contribution >= 4 is 44.1 Å². The van der Waals surface area contributed by atoms with Crippen molar-refractivity contribution in [1.29, 1.82) is 0 Å². The van der Waals surface area contributed by atoms with Gasteiger partial charge in [0.1, 0.15) is 11.6 Å². The van der Waals surface area contributed by atoms with Gasteiger partial charge >= 0.3 is 0 Å². The van der Waals surface area contributed by atoms with Gasteiger partial charge in [-0.2, -0.15) is 9.61 Å². The molecule has 9 heteroatoms. The van der Waals surface area contributed by atoms with Crippen molar-refractivity contribution in [1.82, 2.24) is 19.6 Å². The fourth-order valence-electron chi connectivity index (χ4n) is 4.90. The van der Waals surface area contributed by atoms with E-state index in [0.29, 0.717) is 30.1 Å². The first-order chi connectivity index (χ1) is 15.3. The van der Waals surface area contributed by atoms with E-state index in [1.807, 2.05) is 25.1 Å². The SMILES string of the molecule is C[C@]1(CCc2ccc3cc(Br)c(N)nc3c2)C[C@@H](c2cnn3c(N)ccnc23)[C@H](O)[C@@H]1O. The van der Waals surface area contributed by atoms with E-state index >= 15 is 0 Å². The van der Waals surface area contributed by atoms with Crippen LogP contribution in [0.3, 0.4) is 0 Å². The molecule has 166 valence electrons. The lowest BCUT2D eigenvalue weighted by atomic mass is 9.79. The van der Waals surface area contributed by atoms with Crippen LogP contribution in [0.1, 0.15) is 36.8 Å². The molecule has 5 rings (SSSR count). The molecule has 6 N–H and O–H groups in total. The van der Waals surface area contributed by atoms with E-state index in [9.17, 15) is 10.2 Å². The highest BCUT2D eigenvalue weighted by Gasteiger charge is 2.50. The monoisotopic (exact) mass is 496 g/mol. The summed E-state index contributed by atoms with van der Waals surface area (Å²) in [5.74, 6) is 0.674. The van der Waals surface area contributed by atoms with E-state index in [1.54, 1.807) is 23.0 Å². The van der Waals surface area contributed by atoms with Gasteiger partial charge in [0.15, 0.2) is 5.65 Å². The Balaban J connectivity index is 1.38. The summed E-state index contributed by atoms with van der Waals surface area (Å²) < 4.78 is 2.35. The molecule has 8 nitrogen and oxygen atoms in total. The molecule has 0 bridgehead atoms. The number of rotatable bonds is 4. The zero-order chi connectivity index (χ0) is 22.6. The number of hydrogen-bond acceptors (Lipinski definition) is 7. The Hall–Kier alpha value is -2.75. The second-order valence-corrected chi connectivity index (χ2v) is 9.84. The third-order valence-electron chi connectivity index (χ3n) is 6.84. The van der Waals surface area contributed by atoms with Gasteiger partial charge in [-0.05, 0) is 64.4 Å². The van der Waals surface area contributed by atoms with Gasteiger partial charge in [0, 0.05) is 23.1 Å². The molecule has 4 aromatic rings. The topological polar surface area (TPSA) is 136 Å². The van der Waals surface area contributed by atoms with E-state index in [4.69, 9.17) is 11.5 Å². The molecule has 0 amide bonds. The van der Waals surface area contributed by atoms with E-state index in [1.165, 1.54) is 0 Å². The van der Waals surface area contributed by atoms with Crippen LogP contribution in [0.25, 0.3) is 16.6 Å². The lowest BCUT2D eigenvalue weighted by Gasteiger charge is -2.28. The molecular weight excluding hydrogens is 472 g/mol. The molecule has 1 aliphatic rings. The first kappa shape index (κ1) is 21.1. The van der Waals surface area contributed by atoms with Gasteiger partial charge in [0.05, 0.1) is 28.4 Å². The number of aliphatic hydroxyl groups is 2. The largest absolute Gasteiger partial charge is 0.390 e. The van der Waals surface area contributed by atoms with Crippen molar-refractivity contribution < 1.29 is 10.2 Å². The maximum absolute atomic E-state index is 11.0. The highest BCUT2D eigenvalue weighted by Crippen LogP contribution is 2.50. The first-order valence-electron chi connectivity index (χ1n) is 10.6. The number of nitrogens with zero attached hydrogens (tertiary/aromatic N) is 4. The molecular formula is C23H25BrN6O2. The molecule has 0 radical (unpaired) electrons. The Morgan fingerprint density at radius 1 is 1.22 bits per heavy atom. The van der Waals surface area contributed by atoms with Gasteiger partial charge < -0.3 is 21.7 Å². The minimum absolute atomic E-state index is 0.266. The third kappa shape index (κ3) is 3.41. The molecule has 1 fully saturated rings. The zero-order valence-corrected chi connectivity index (χ0v) is 19.2. The molecule has 1 saturated carbocycles. The van der Waals surface area contributed by atoms with E-state index in [0.717, 1.165) is 32.9 Å². The Bertz CT molecular complexity index is 1320. The molecule has 1 aliphatic carbocycles. The van der Waals surface area contributed by atoms with Gasteiger partial charge in [0.2, 0.25) is 0 Å². The Kier molecular flexibility index (Phi) is 5.07. The number of pyridine rings is 1. The molecule has 32 heavy (non-hydrogen) atoms. The van der Waals surface area contributed by atoms with Crippen LogP contribution in [0, 0.1) is 5.41 Å². The van der Waals surface area contributed by atoms with Gasteiger partial charge in [-0.1, -0.05) is 19.1 Å². The van der Waals surface area contributed by atoms with Crippen LogP contribution in [-0.2, 0) is 6.42 Å². The minimum atomic E-state index is -0.897. The van der Waals surface area contributed by atoms with E-state index in [2.05, 4.69) is 37.1 Å². The Morgan fingerprint density at radius 2 is 2.03 bits per heavy atom. The smallest absolute Gasteiger partial charge is 0.160 e. The average Bonchev–Trinajstić information content (AvgIpc) is 3.29. The van der Waals surface area contributed by atoms with Crippen LogP contribution < -0.4 is 11.5 Å². The quantitative estimate of drug-likeness (QED) is 0.340. The summed E-state index contributed by atoms with van der Waals surface area (Å²) in [6, 6.07) is 9.78. The number of aryl methyl sites for hydroxylation is 1. The van der Waals surface area contributed by atoms with Crippen LogP contribution in [0.4, 0.5) is 11.6 Å². The summed E-state index contributed by atoms with van der Waals surface area (Å²) in [6.45, 7) is 2.03. The highest BCUT2D eigenvalue weighted by atomic mass is 79.9. The number of nitrogen functional groups attached to an aromatic ring is 2. The molecule has 0 spiro atoms. The number of benzene rings is 1. The molecule has 0 saturated heterocycles. The fraction of sp³-hybridized carbons (Fsp3) is 0.348. The van der Waals surface area contributed by atoms with Crippen molar-refractivity contribution in [3.8, 4) is 0 Å². The number of hydrogen-bond donors (Lipinski definition) is 4. The standard InChI is InChI=1S/C23H25BrN6O2/c1-23(6-4-12-2-3-13-9-16(24)21(26)29-17(13)8-12)10-14(19(31)20(23)32)15-11-28-30-18(25)5-7-27-22(15)30/h2-3,5,7-9,11,14,19-20,31-32H,4,6,10,25H2,1H3,(H2,26,29)/t14-,19-,20-,23-/m0/s1. The first-order valence-corrected chi connectivity index (χ1v) is 11.3. The molecule has 3 aromatic heterocycles. The van der Waals surface area contributed by atoms with Gasteiger partial charge in [-0.15, -0.1) is 0 Å². The van der Waals surface area contributed by atoms with Crippen molar-refractivity contribution in [3.05, 3.63) is 58.3 Å². The minimum Gasteiger partial charge on any atom is -0.390 e. The second kappa shape index (κ2) is 7.68. The lowest BCUT2D eigenvalue weighted by Crippen LogP contribution is -2.34. The number of halogens is 1. The normalized spacial score (nSPS) is 25.7. The zero-order valence-electron chi connectivity index (χ0n) is 17.6. The number of nitrogens with two attached hydrogens (primary N) is 2. The van der Waals surface area contributed by atoms with E-state index in [-0.39, 0.29) is 5.92 Å². The number of aliphatic hydroxyl groups excluding tert-OH is 2. The van der Waals surface area contributed by atoms with Crippen LogP contribution in [0.5, 0.6) is 0 Å². The van der Waals surface area contributed by atoms with Crippen LogP contribution in [0.15, 0.2) is 47.2 Å². The molecule has 3 heterocycles. The molecule has 4 atom stereocenters. The maximum atomic E-state index is 11.0. The van der Waals surface area contributed by atoms with Crippen LogP contribution in [0.2, 0.25) is 0 Å². The number of anilines is 2. The summed E-state index contributed by atoms with van der Waals surface area (Å²) in [5, 5.41) is 27.2. The lowest BCUT2D eigenvalue weighted by molar-refractivity contribution is -0.0201. The third-order valence-corrected chi connectivity index (χ3v) is 7.48. The van der Waals surface area contributed by atoms with Crippen molar-refractivity contribution in [2.24, 2.45) is 5.41 Å². The van der Waals surface area contributed by atoms with Gasteiger partial charge in [-0.3, -0.25) is 0 Å². The number of fused-ring (bicyclic) bond motifs is 2. The number of aromatic nitrogens is 4. The fourth-order valence-corrected chi connectivity index (χ4v) is 5.23. The second-order valence-electron chi connectivity index (χ2n) is 8.99. The van der Waals surface area contributed by atoms with E-state index < -0.39 is 17.6 Å². The predicted octanol–water partition coefficient (Wildman–Crippen LogP) is 3.05. The van der Waals surface area contributed by atoms with Crippen molar-refractivity contribution in [2.75, 3.05) is 11.5 Å². The molecule has 0 unspecified atom stereocenters. The van der Waals surface area contributed by atoms with Gasteiger partial charge in [0.25, 0.3) is 0 Å². The predicted molar refractivity (Wildman–Crippen MR) is 127 cm³/mol. The summed E-state index contributed by atoms with van der Waals surface area (Å²) >= 11 is 3.41. The van der Waals surface area contributed by atoms with Crippen molar-refractivity contribution in [2.45, 2.75) is 44.3 Å². The van der Waals surface area contributed by atoms with Crippen molar-refractivity contribution in [3.63, 3.8) is 0 Å². The summed E-state index contributed by atoms with van der Waals surface area (Å²) in [5.41, 5.74) is 14.8. The summed E-state index contributed by atoms with van der Waals surface area (Å²) in [6.07, 6.45) is 3.67. The van der Waals surface area contributed by atoms with Crippen LogP contribution >= 0.6 is 15.9 Å². The molecule has 1 aromatic carbocycles. The van der Waals surface area contributed by atoms with Crippen LogP contribution in [-0.4, -0.2) is 42.0 Å². The summed E-state index contributed by atoms with van der Waals surface area (Å²) in [4.78, 5) is 8.85. The molecule has 0 aliphatic heterocycles. The average molecular weight is 497 g/mol. The highest BCUT2D eigenvalue weighted by molar-refractivity contribution is 9.10. The Morgan fingerprint density at radius 3 is 2.84 bits per heavy atom.